The zero-order valence-corrected chi connectivity index (χ0v) is 14.8. The van der Waals surface area contributed by atoms with E-state index in [0.29, 0.717) is 18.7 Å². The molecule has 0 radical (unpaired) electrons. The van der Waals surface area contributed by atoms with Crippen LogP contribution in [0.2, 0.25) is 0 Å². The summed E-state index contributed by atoms with van der Waals surface area (Å²) in [5, 5.41) is 0. The summed E-state index contributed by atoms with van der Waals surface area (Å²) < 4.78 is 4.78. The van der Waals surface area contributed by atoms with E-state index in [0.717, 1.165) is 18.5 Å². The molecule has 0 aliphatic carbocycles. The average Bonchev–Trinajstić information content (AvgIpc) is 2.52. The van der Waals surface area contributed by atoms with Gasteiger partial charge in [-0.3, -0.25) is 9.59 Å². The molecule has 0 aromatic heterocycles. The zero-order chi connectivity index (χ0) is 17.4. The minimum atomic E-state index is -0.340. The lowest BCUT2D eigenvalue weighted by atomic mass is 10.1. The number of carbonyl (C=O) groups excluding carboxylic acids is 2. The highest BCUT2D eigenvalue weighted by molar-refractivity contribution is 5.95. The maximum absolute atomic E-state index is 12.8. The van der Waals surface area contributed by atoms with Gasteiger partial charge in [-0.05, 0) is 45.6 Å². The fourth-order valence-corrected chi connectivity index (χ4v) is 2.44. The van der Waals surface area contributed by atoms with Crippen molar-refractivity contribution in [2.45, 2.75) is 20.3 Å². The highest BCUT2D eigenvalue weighted by Gasteiger charge is 2.23. The number of ether oxygens (including phenoxy) is 1. The van der Waals surface area contributed by atoms with Crippen molar-refractivity contribution in [2.24, 2.45) is 5.92 Å². The average molecular weight is 320 g/mol. The van der Waals surface area contributed by atoms with Crippen LogP contribution in [0.5, 0.6) is 0 Å². The minimum absolute atomic E-state index is 0.0300. The third-order valence-electron chi connectivity index (χ3n) is 3.79. The highest BCUT2D eigenvalue weighted by atomic mass is 16.5. The Bertz CT molecular complexity index is 529. The van der Waals surface area contributed by atoms with Crippen molar-refractivity contribution in [3.05, 3.63) is 35.4 Å². The van der Waals surface area contributed by atoms with Crippen molar-refractivity contribution >= 4 is 11.9 Å². The molecule has 5 heteroatoms. The van der Waals surface area contributed by atoms with Crippen LogP contribution in [0, 0.1) is 12.8 Å². The summed E-state index contributed by atoms with van der Waals surface area (Å²) in [5.74, 6) is -0.662. The van der Waals surface area contributed by atoms with Crippen molar-refractivity contribution in [2.75, 3.05) is 40.8 Å². The van der Waals surface area contributed by atoms with E-state index in [-0.39, 0.29) is 17.8 Å². The molecule has 128 valence electrons. The van der Waals surface area contributed by atoms with Gasteiger partial charge in [-0.15, -0.1) is 0 Å². The predicted molar refractivity (Wildman–Crippen MR) is 91.4 cm³/mol. The Morgan fingerprint density at radius 3 is 2.39 bits per heavy atom. The third-order valence-corrected chi connectivity index (χ3v) is 3.79. The summed E-state index contributed by atoms with van der Waals surface area (Å²) in [5.41, 5.74) is 1.63. The summed E-state index contributed by atoms with van der Waals surface area (Å²) in [6, 6.07) is 7.54. The Hall–Kier alpha value is -1.88. The quantitative estimate of drug-likeness (QED) is 0.689. The number of esters is 1. The first kappa shape index (κ1) is 19.2. The molecule has 23 heavy (non-hydrogen) atoms. The van der Waals surface area contributed by atoms with Crippen molar-refractivity contribution in [1.29, 1.82) is 0 Å². The number of amides is 1. The molecule has 0 saturated heterocycles. The van der Waals surface area contributed by atoms with Crippen LogP contribution in [0.1, 0.15) is 29.3 Å². The second-order valence-electron chi connectivity index (χ2n) is 6.15. The normalized spacial score (nSPS) is 12.1. The number of benzene rings is 1. The maximum atomic E-state index is 12.8. The van der Waals surface area contributed by atoms with Gasteiger partial charge in [0.05, 0.1) is 13.0 Å². The Balaban J connectivity index is 2.87. The molecular formula is C18H28N2O3. The first-order valence-electron chi connectivity index (χ1n) is 7.94. The molecule has 1 atom stereocenters. The van der Waals surface area contributed by atoms with Gasteiger partial charge in [-0.1, -0.05) is 25.1 Å². The molecule has 0 aliphatic heterocycles. The number of hydrogen-bond donors (Lipinski definition) is 0. The third kappa shape index (κ3) is 6.02. The summed E-state index contributed by atoms with van der Waals surface area (Å²) in [4.78, 5) is 28.4. The number of aryl methyl sites for hydroxylation is 1. The lowest BCUT2D eigenvalue weighted by Crippen LogP contribution is -2.39. The Labute approximate surface area is 139 Å². The van der Waals surface area contributed by atoms with Gasteiger partial charge in [0.15, 0.2) is 0 Å². The second kappa shape index (κ2) is 9.30. The Morgan fingerprint density at radius 1 is 1.17 bits per heavy atom. The SMILES string of the molecule is COC(=O)C(C)CN(CCCN(C)C)C(=O)c1ccccc1C. The van der Waals surface area contributed by atoms with E-state index in [1.165, 1.54) is 7.11 Å². The van der Waals surface area contributed by atoms with Crippen LogP contribution < -0.4 is 0 Å². The molecule has 1 rings (SSSR count). The van der Waals surface area contributed by atoms with Gasteiger partial charge in [-0.2, -0.15) is 0 Å². The molecule has 0 N–H and O–H groups in total. The fraction of sp³-hybridized carbons (Fsp3) is 0.556. The molecule has 1 unspecified atom stereocenters. The van der Waals surface area contributed by atoms with Crippen LogP contribution in [-0.2, 0) is 9.53 Å². The molecule has 1 aromatic rings. The molecule has 1 aromatic carbocycles. The fourth-order valence-electron chi connectivity index (χ4n) is 2.44. The van der Waals surface area contributed by atoms with Crippen LogP contribution in [0.3, 0.4) is 0 Å². The number of hydrogen-bond acceptors (Lipinski definition) is 4. The van der Waals surface area contributed by atoms with E-state index in [1.807, 2.05) is 45.3 Å². The highest BCUT2D eigenvalue weighted by Crippen LogP contribution is 2.13. The van der Waals surface area contributed by atoms with Gasteiger partial charge in [0, 0.05) is 18.7 Å². The van der Waals surface area contributed by atoms with Crippen molar-refractivity contribution in [1.82, 2.24) is 9.80 Å². The summed E-state index contributed by atoms with van der Waals surface area (Å²) in [6.45, 7) is 5.59. The molecule has 0 bridgehead atoms. The first-order valence-corrected chi connectivity index (χ1v) is 7.94. The summed E-state index contributed by atoms with van der Waals surface area (Å²) in [6.07, 6.45) is 0.860. The second-order valence-corrected chi connectivity index (χ2v) is 6.15. The Morgan fingerprint density at radius 2 is 1.83 bits per heavy atom. The van der Waals surface area contributed by atoms with E-state index < -0.39 is 0 Å². The van der Waals surface area contributed by atoms with Gasteiger partial charge < -0.3 is 14.5 Å². The van der Waals surface area contributed by atoms with Crippen molar-refractivity contribution in [3.63, 3.8) is 0 Å². The van der Waals surface area contributed by atoms with Gasteiger partial charge in [-0.25, -0.2) is 0 Å². The number of nitrogens with zero attached hydrogens (tertiary/aromatic N) is 2. The van der Waals surface area contributed by atoms with Gasteiger partial charge in [0.2, 0.25) is 0 Å². The van der Waals surface area contributed by atoms with Crippen molar-refractivity contribution < 1.29 is 14.3 Å². The predicted octanol–water partition coefficient (Wildman–Crippen LogP) is 2.20. The number of rotatable bonds is 8. The molecule has 0 aliphatic rings. The lowest BCUT2D eigenvalue weighted by Gasteiger charge is -2.26. The molecular weight excluding hydrogens is 292 g/mol. The summed E-state index contributed by atoms with van der Waals surface area (Å²) in [7, 11) is 5.38. The van der Waals surface area contributed by atoms with E-state index in [2.05, 4.69) is 4.90 Å². The van der Waals surface area contributed by atoms with Crippen LogP contribution in [-0.4, -0.2) is 62.5 Å². The van der Waals surface area contributed by atoms with E-state index in [1.54, 1.807) is 11.8 Å². The molecule has 0 spiro atoms. The zero-order valence-electron chi connectivity index (χ0n) is 14.8. The molecule has 0 heterocycles. The standard InChI is InChI=1S/C18H28N2O3/c1-14-9-6-7-10-16(14)17(21)20(12-8-11-19(3)4)13-15(2)18(22)23-5/h6-7,9-10,15H,8,11-13H2,1-5H3. The van der Waals surface area contributed by atoms with Crippen LogP contribution >= 0.6 is 0 Å². The Kier molecular flexibility index (Phi) is 7.75. The van der Waals surface area contributed by atoms with Crippen LogP contribution in [0.25, 0.3) is 0 Å². The molecule has 0 saturated carbocycles. The smallest absolute Gasteiger partial charge is 0.310 e. The first-order chi connectivity index (χ1) is 10.9. The van der Waals surface area contributed by atoms with Crippen LogP contribution in [0.4, 0.5) is 0 Å². The lowest BCUT2D eigenvalue weighted by molar-refractivity contribution is -0.145. The van der Waals surface area contributed by atoms with E-state index in [4.69, 9.17) is 4.74 Å². The van der Waals surface area contributed by atoms with Gasteiger partial charge >= 0.3 is 5.97 Å². The van der Waals surface area contributed by atoms with Gasteiger partial charge in [0.1, 0.15) is 0 Å². The van der Waals surface area contributed by atoms with Gasteiger partial charge in [0.25, 0.3) is 5.91 Å². The largest absolute Gasteiger partial charge is 0.469 e. The number of methoxy groups -OCH3 is 1. The van der Waals surface area contributed by atoms with E-state index in [9.17, 15) is 9.59 Å². The minimum Gasteiger partial charge on any atom is -0.469 e. The summed E-state index contributed by atoms with van der Waals surface area (Å²) >= 11 is 0. The maximum Gasteiger partial charge on any atom is 0.310 e. The topological polar surface area (TPSA) is 49.9 Å². The van der Waals surface area contributed by atoms with Crippen molar-refractivity contribution in [3.8, 4) is 0 Å². The monoisotopic (exact) mass is 320 g/mol. The molecule has 0 fully saturated rings. The van der Waals surface area contributed by atoms with E-state index >= 15 is 0 Å². The van der Waals surface area contributed by atoms with Crippen LogP contribution in [0.15, 0.2) is 24.3 Å². The number of carbonyl (C=O) groups is 2. The molecule has 5 nitrogen and oxygen atoms in total. The molecule has 1 amide bonds.